The lowest BCUT2D eigenvalue weighted by Crippen LogP contribution is -2.23. The molecule has 1 heterocycles. The maximum Gasteiger partial charge on any atom is 0.220 e. The third-order valence-corrected chi connectivity index (χ3v) is 4.16. The van der Waals surface area contributed by atoms with E-state index in [0.29, 0.717) is 19.4 Å². The minimum Gasteiger partial charge on any atom is -0.364 e. The van der Waals surface area contributed by atoms with Crippen LogP contribution in [0.5, 0.6) is 0 Å². The number of carbonyl (C=O) groups excluding carboxylic acids is 1. The lowest BCUT2D eigenvalue weighted by molar-refractivity contribution is -0.121. The summed E-state index contributed by atoms with van der Waals surface area (Å²) in [5.41, 5.74) is 6.28. The van der Waals surface area contributed by atoms with Gasteiger partial charge in [0.25, 0.3) is 0 Å². The summed E-state index contributed by atoms with van der Waals surface area (Å²) in [5, 5.41) is 7.06. The molecular formula is C21H22N2O2. The fraction of sp³-hybridized carbons (Fsp3) is 0.238. The Balaban J connectivity index is 1.56. The van der Waals surface area contributed by atoms with Crippen LogP contribution in [0.25, 0.3) is 11.3 Å². The van der Waals surface area contributed by atoms with Crippen LogP contribution in [-0.2, 0) is 17.8 Å². The van der Waals surface area contributed by atoms with Gasteiger partial charge in [-0.3, -0.25) is 4.79 Å². The number of benzene rings is 2. The Hall–Kier alpha value is -2.88. The van der Waals surface area contributed by atoms with E-state index in [9.17, 15) is 4.79 Å². The highest BCUT2D eigenvalue weighted by Gasteiger charge is 2.12. The highest BCUT2D eigenvalue weighted by atomic mass is 16.5. The zero-order chi connectivity index (χ0) is 17.6. The van der Waals surface area contributed by atoms with Gasteiger partial charge in [0.05, 0.1) is 0 Å². The van der Waals surface area contributed by atoms with Crippen LogP contribution in [0.1, 0.15) is 28.7 Å². The summed E-state index contributed by atoms with van der Waals surface area (Å²) in [7, 11) is 0. The normalized spacial score (nSPS) is 10.6. The first kappa shape index (κ1) is 17.0. The molecule has 2 aromatic carbocycles. The molecule has 0 radical (unpaired) electrons. The molecule has 3 rings (SSSR count). The Morgan fingerprint density at radius 1 is 1.08 bits per heavy atom. The molecule has 0 bridgehead atoms. The second kappa shape index (κ2) is 7.79. The van der Waals surface area contributed by atoms with Gasteiger partial charge >= 0.3 is 0 Å². The van der Waals surface area contributed by atoms with E-state index in [1.165, 1.54) is 11.1 Å². The molecule has 1 aromatic heterocycles. The maximum atomic E-state index is 12.1. The van der Waals surface area contributed by atoms with Crippen molar-refractivity contribution in [3.63, 3.8) is 0 Å². The van der Waals surface area contributed by atoms with Crippen LogP contribution < -0.4 is 5.32 Å². The van der Waals surface area contributed by atoms with Crippen molar-refractivity contribution >= 4 is 5.91 Å². The van der Waals surface area contributed by atoms with E-state index >= 15 is 0 Å². The number of hydrogen-bond acceptors (Lipinski definition) is 3. The molecule has 0 aliphatic rings. The zero-order valence-corrected chi connectivity index (χ0v) is 14.6. The summed E-state index contributed by atoms with van der Waals surface area (Å²) in [6, 6.07) is 16.3. The molecular weight excluding hydrogens is 312 g/mol. The van der Waals surface area contributed by atoms with Gasteiger partial charge < -0.3 is 9.84 Å². The fourth-order valence-electron chi connectivity index (χ4n) is 2.74. The first-order chi connectivity index (χ1) is 12.1. The van der Waals surface area contributed by atoms with Crippen molar-refractivity contribution < 1.29 is 9.32 Å². The van der Waals surface area contributed by atoms with Crippen molar-refractivity contribution in [3.05, 3.63) is 77.0 Å². The van der Waals surface area contributed by atoms with E-state index in [0.717, 1.165) is 22.4 Å². The van der Waals surface area contributed by atoms with Crippen molar-refractivity contribution in [2.24, 2.45) is 0 Å². The summed E-state index contributed by atoms with van der Waals surface area (Å²) in [6.45, 7) is 4.64. The van der Waals surface area contributed by atoms with E-state index in [1.54, 1.807) is 6.26 Å². The van der Waals surface area contributed by atoms with Crippen molar-refractivity contribution in [1.29, 1.82) is 0 Å². The van der Waals surface area contributed by atoms with Gasteiger partial charge in [-0.2, -0.15) is 0 Å². The van der Waals surface area contributed by atoms with Crippen LogP contribution in [0, 0.1) is 13.8 Å². The number of amides is 1. The second-order valence-corrected chi connectivity index (χ2v) is 6.32. The summed E-state index contributed by atoms with van der Waals surface area (Å²) >= 11 is 0. The average molecular weight is 334 g/mol. The molecule has 4 heteroatoms. The molecule has 1 amide bonds. The molecule has 0 aliphatic carbocycles. The largest absolute Gasteiger partial charge is 0.364 e. The van der Waals surface area contributed by atoms with E-state index in [-0.39, 0.29) is 5.91 Å². The molecule has 0 atom stereocenters. The minimum absolute atomic E-state index is 0.0255. The van der Waals surface area contributed by atoms with Gasteiger partial charge in [0.2, 0.25) is 5.91 Å². The number of nitrogens with one attached hydrogen (secondary N) is 1. The van der Waals surface area contributed by atoms with Gasteiger partial charge in [-0.15, -0.1) is 0 Å². The number of aryl methyl sites for hydroxylation is 3. The molecule has 25 heavy (non-hydrogen) atoms. The third kappa shape index (κ3) is 4.57. The van der Waals surface area contributed by atoms with E-state index < -0.39 is 0 Å². The summed E-state index contributed by atoms with van der Waals surface area (Å²) < 4.78 is 5.12. The van der Waals surface area contributed by atoms with Gasteiger partial charge in [-0.25, -0.2) is 0 Å². The molecule has 0 spiro atoms. The zero-order valence-electron chi connectivity index (χ0n) is 14.6. The van der Waals surface area contributed by atoms with Crippen LogP contribution in [0.4, 0.5) is 0 Å². The standard InChI is InChI=1S/C21H22N2O2/c1-15-6-8-18(9-7-15)21-19(14-25-23-21)10-11-20(24)22-13-17-5-3-4-16(2)12-17/h3-9,12,14H,10-11,13H2,1-2H3,(H,22,24). The highest BCUT2D eigenvalue weighted by Crippen LogP contribution is 2.23. The number of hydrogen-bond donors (Lipinski definition) is 1. The maximum absolute atomic E-state index is 12.1. The average Bonchev–Trinajstić information content (AvgIpc) is 3.07. The molecule has 0 unspecified atom stereocenters. The predicted octanol–water partition coefficient (Wildman–Crippen LogP) is 4.21. The van der Waals surface area contributed by atoms with Crippen LogP contribution in [0.15, 0.2) is 59.3 Å². The van der Waals surface area contributed by atoms with E-state index in [4.69, 9.17) is 4.52 Å². The number of nitrogens with zero attached hydrogens (tertiary/aromatic N) is 1. The molecule has 128 valence electrons. The lowest BCUT2D eigenvalue weighted by atomic mass is 10.0. The molecule has 0 aliphatic heterocycles. The van der Waals surface area contributed by atoms with Crippen LogP contribution in [-0.4, -0.2) is 11.1 Å². The smallest absolute Gasteiger partial charge is 0.220 e. The van der Waals surface area contributed by atoms with Gasteiger partial charge in [0.1, 0.15) is 12.0 Å². The molecule has 4 nitrogen and oxygen atoms in total. The summed E-state index contributed by atoms with van der Waals surface area (Å²) in [5.74, 6) is 0.0255. The van der Waals surface area contributed by atoms with Gasteiger partial charge in [-0.05, 0) is 25.8 Å². The topological polar surface area (TPSA) is 55.1 Å². The Labute approximate surface area is 147 Å². The van der Waals surface area contributed by atoms with Crippen molar-refractivity contribution in [3.8, 4) is 11.3 Å². The summed E-state index contributed by atoms with van der Waals surface area (Å²) in [4.78, 5) is 12.1. The lowest BCUT2D eigenvalue weighted by Gasteiger charge is -2.06. The first-order valence-corrected chi connectivity index (χ1v) is 8.44. The van der Waals surface area contributed by atoms with Crippen molar-refractivity contribution in [1.82, 2.24) is 10.5 Å². The van der Waals surface area contributed by atoms with Crippen LogP contribution >= 0.6 is 0 Å². The van der Waals surface area contributed by atoms with Gasteiger partial charge in [0, 0.05) is 24.1 Å². The number of rotatable bonds is 6. The SMILES string of the molecule is Cc1ccc(-c2nocc2CCC(=O)NCc2cccc(C)c2)cc1. The van der Waals surface area contributed by atoms with Crippen molar-refractivity contribution in [2.75, 3.05) is 0 Å². The first-order valence-electron chi connectivity index (χ1n) is 8.44. The molecule has 1 N–H and O–H groups in total. The number of carbonyl (C=O) groups is 1. The molecule has 3 aromatic rings. The Morgan fingerprint density at radius 2 is 1.88 bits per heavy atom. The van der Waals surface area contributed by atoms with Crippen LogP contribution in [0.3, 0.4) is 0 Å². The Bertz CT molecular complexity index is 850. The quantitative estimate of drug-likeness (QED) is 0.735. The fourth-order valence-corrected chi connectivity index (χ4v) is 2.74. The van der Waals surface area contributed by atoms with Crippen LogP contribution in [0.2, 0.25) is 0 Å². The Morgan fingerprint density at radius 3 is 2.64 bits per heavy atom. The van der Waals surface area contributed by atoms with Crippen molar-refractivity contribution in [2.45, 2.75) is 33.2 Å². The molecule has 0 saturated carbocycles. The van der Waals surface area contributed by atoms with Gasteiger partial charge in [0.15, 0.2) is 0 Å². The monoisotopic (exact) mass is 334 g/mol. The summed E-state index contributed by atoms with van der Waals surface area (Å²) in [6.07, 6.45) is 2.64. The minimum atomic E-state index is 0.0255. The third-order valence-electron chi connectivity index (χ3n) is 4.16. The predicted molar refractivity (Wildman–Crippen MR) is 98.0 cm³/mol. The number of aromatic nitrogens is 1. The highest BCUT2D eigenvalue weighted by molar-refractivity contribution is 5.76. The van der Waals surface area contributed by atoms with E-state index in [2.05, 4.69) is 16.5 Å². The molecule has 0 saturated heterocycles. The second-order valence-electron chi connectivity index (χ2n) is 6.32. The van der Waals surface area contributed by atoms with E-state index in [1.807, 2.05) is 56.3 Å². The Kier molecular flexibility index (Phi) is 5.29. The van der Waals surface area contributed by atoms with Gasteiger partial charge in [-0.1, -0.05) is 64.8 Å². The molecule has 0 fully saturated rings.